The molecule has 1 aliphatic heterocycles. The van der Waals surface area contributed by atoms with Crippen molar-refractivity contribution < 1.29 is 14.7 Å². The quantitative estimate of drug-likeness (QED) is 0.873. The van der Waals surface area contributed by atoms with Gasteiger partial charge in [-0.3, -0.25) is 14.7 Å². The summed E-state index contributed by atoms with van der Waals surface area (Å²) < 4.78 is 0.850. The Balaban J connectivity index is 1.87. The predicted molar refractivity (Wildman–Crippen MR) is 93.0 cm³/mol. The fourth-order valence-electron chi connectivity index (χ4n) is 3.12. The van der Waals surface area contributed by atoms with Crippen LogP contribution >= 0.6 is 15.9 Å². The molecule has 124 valence electrons. The second-order valence-corrected chi connectivity index (χ2v) is 6.74. The molecule has 1 aromatic carbocycles. The summed E-state index contributed by atoms with van der Waals surface area (Å²) in [6.07, 6.45) is 1.47. The Hall–Kier alpha value is -2.21. The molecule has 1 aromatic heterocycles. The summed E-state index contributed by atoms with van der Waals surface area (Å²) in [6, 6.07) is 12.5. The fraction of sp³-hybridized carbons (Fsp3) is 0.278. The van der Waals surface area contributed by atoms with E-state index in [0.29, 0.717) is 25.1 Å². The van der Waals surface area contributed by atoms with Crippen LogP contribution < -0.4 is 0 Å². The van der Waals surface area contributed by atoms with Crippen molar-refractivity contribution in [2.75, 3.05) is 6.54 Å². The molecule has 1 aliphatic rings. The molecule has 2 aromatic rings. The van der Waals surface area contributed by atoms with Gasteiger partial charge in [-0.05, 0) is 40.0 Å². The first-order valence-corrected chi connectivity index (χ1v) is 8.54. The van der Waals surface area contributed by atoms with Gasteiger partial charge in [0.2, 0.25) is 0 Å². The largest absolute Gasteiger partial charge is 0.465 e. The average molecular weight is 389 g/mol. The van der Waals surface area contributed by atoms with Crippen LogP contribution in [0.25, 0.3) is 0 Å². The summed E-state index contributed by atoms with van der Waals surface area (Å²) in [7, 11) is 0. The average Bonchev–Trinajstić information content (AvgIpc) is 2.58. The molecule has 1 saturated heterocycles. The molecular formula is C18H17BrN2O3. The molecule has 0 spiro atoms. The Morgan fingerprint density at radius 3 is 2.62 bits per heavy atom. The minimum Gasteiger partial charge on any atom is -0.465 e. The molecule has 6 heteroatoms. The van der Waals surface area contributed by atoms with Crippen molar-refractivity contribution in [3.63, 3.8) is 0 Å². The van der Waals surface area contributed by atoms with Crippen LogP contribution in [0.15, 0.2) is 53.1 Å². The number of ketones is 1. The molecule has 1 fully saturated rings. The van der Waals surface area contributed by atoms with E-state index in [1.54, 1.807) is 6.20 Å². The lowest BCUT2D eigenvalue weighted by Crippen LogP contribution is -2.52. The highest BCUT2D eigenvalue weighted by atomic mass is 79.9. The normalized spacial score (nSPS) is 20.9. The van der Waals surface area contributed by atoms with Crippen LogP contribution in [0, 0.1) is 0 Å². The number of hydrogen-bond acceptors (Lipinski definition) is 3. The summed E-state index contributed by atoms with van der Waals surface area (Å²) in [5, 5.41) is 9.45. The minimum absolute atomic E-state index is 0.0812. The number of rotatable bonds is 3. The van der Waals surface area contributed by atoms with E-state index in [9.17, 15) is 14.7 Å². The fourth-order valence-corrected chi connectivity index (χ4v) is 3.35. The number of likely N-dealkylation sites (tertiary alicyclic amines) is 1. The number of Topliss-reactive ketones (excluding diaryl/α,β-unsaturated/α-hetero) is 1. The molecule has 0 aliphatic carbocycles. The molecule has 0 radical (unpaired) electrons. The molecule has 0 bridgehead atoms. The van der Waals surface area contributed by atoms with Crippen LogP contribution in [-0.4, -0.2) is 39.5 Å². The number of aromatic nitrogens is 1. The smallest absolute Gasteiger partial charge is 0.407 e. The van der Waals surface area contributed by atoms with Crippen molar-refractivity contribution >= 4 is 27.8 Å². The van der Waals surface area contributed by atoms with Gasteiger partial charge in [0.25, 0.3) is 0 Å². The van der Waals surface area contributed by atoms with Gasteiger partial charge in [0.1, 0.15) is 0 Å². The Bertz CT molecular complexity index is 734. The van der Waals surface area contributed by atoms with Gasteiger partial charge in [-0.25, -0.2) is 4.79 Å². The first-order valence-electron chi connectivity index (χ1n) is 7.75. The number of hydrogen-bond donors (Lipinski definition) is 1. The maximum absolute atomic E-state index is 13.0. The first-order chi connectivity index (χ1) is 11.6. The second-order valence-electron chi connectivity index (χ2n) is 5.83. The molecule has 0 saturated carbocycles. The van der Waals surface area contributed by atoms with E-state index < -0.39 is 12.1 Å². The van der Waals surface area contributed by atoms with Crippen LogP contribution in [0.2, 0.25) is 0 Å². The number of nitrogens with zero attached hydrogens (tertiary/aromatic N) is 2. The molecule has 24 heavy (non-hydrogen) atoms. The number of carboxylic acid groups (broad SMARTS) is 1. The molecule has 2 heterocycles. The topological polar surface area (TPSA) is 70.5 Å². The first kappa shape index (κ1) is 16.6. The molecule has 1 N–H and O–H groups in total. The Kier molecular flexibility index (Phi) is 4.94. The Morgan fingerprint density at radius 1 is 1.25 bits per heavy atom. The minimum atomic E-state index is -1.05. The van der Waals surface area contributed by atoms with Crippen molar-refractivity contribution in [3.8, 4) is 0 Å². The summed E-state index contributed by atoms with van der Waals surface area (Å²) >= 11 is 3.34. The summed E-state index contributed by atoms with van der Waals surface area (Å²) in [5.74, 6) is -0.440. The van der Waals surface area contributed by atoms with E-state index in [1.165, 1.54) is 4.90 Å². The van der Waals surface area contributed by atoms with Crippen molar-refractivity contribution in [1.82, 2.24) is 9.88 Å². The number of carbonyl (C=O) groups is 2. The van der Waals surface area contributed by atoms with E-state index in [2.05, 4.69) is 20.9 Å². The van der Waals surface area contributed by atoms with Crippen molar-refractivity contribution in [3.05, 3.63) is 64.4 Å². The van der Waals surface area contributed by atoms with E-state index in [4.69, 9.17) is 0 Å². The van der Waals surface area contributed by atoms with Gasteiger partial charge in [-0.15, -0.1) is 0 Å². The number of carbonyl (C=O) groups excluding carboxylic acids is 1. The molecule has 2 atom stereocenters. The monoisotopic (exact) mass is 388 g/mol. The van der Waals surface area contributed by atoms with Gasteiger partial charge in [0.05, 0.1) is 17.7 Å². The SMILES string of the molecule is O=C1C(c2ccc(Br)cn2)CCN(C(=O)O)C1Cc1ccccc1. The van der Waals surface area contributed by atoms with Gasteiger partial charge < -0.3 is 5.11 Å². The number of halogens is 1. The predicted octanol–water partition coefficient (Wildman–Crippen LogP) is 3.49. The standard InChI is InChI=1S/C18H17BrN2O3/c19-13-6-7-15(20-11-13)14-8-9-21(18(23)24)16(17(14)22)10-12-4-2-1-3-5-12/h1-7,11,14,16H,8-10H2,(H,23,24). The van der Waals surface area contributed by atoms with Gasteiger partial charge in [0.15, 0.2) is 5.78 Å². The van der Waals surface area contributed by atoms with Crippen LogP contribution in [0.3, 0.4) is 0 Å². The van der Waals surface area contributed by atoms with Gasteiger partial charge >= 0.3 is 6.09 Å². The molecule has 1 amide bonds. The molecular weight excluding hydrogens is 372 g/mol. The zero-order chi connectivity index (χ0) is 17.1. The Morgan fingerprint density at radius 2 is 2.00 bits per heavy atom. The number of piperidine rings is 1. The van der Waals surface area contributed by atoms with E-state index in [-0.39, 0.29) is 11.7 Å². The van der Waals surface area contributed by atoms with E-state index in [1.807, 2.05) is 42.5 Å². The number of benzene rings is 1. The van der Waals surface area contributed by atoms with Gasteiger partial charge in [0, 0.05) is 23.6 Å². The molecule has 3 rings (SSSR count). The zero-order valence-electron chi connectivity index (χ0n) is 12.9. The maximum atomic E-state index is 13.0. The highest BCUT2D eigenvalue weighted by molar-refractivity contribution is 9.10. The Labute approximate surface area is 148 Å². The van der Waals surface area contributed by atoms with E-state index >= 15 is 0 Å². The number of pyridine rings is 1. The number of amides is 1. The lowest BCUT2D eigenvalue weighted by atomic mass is 9.84. The highest BCUT2D eigenvalue weighted by Gasteiger charge is 2.40. The third kappa shape index (κ3) is 3.48. The van der Waals surface area contributed by atoms with Crippen LogP contribution in [0.5, 0.6) is 0 Å². The summed E-state index contributed by atoms with van der Waals surface area (Å²) in [4.78, 5) is 30.1. The molecule has 2 unspecified atom stereocenters. The van der Waals surface area contributed by atoms with Crippen LogP contribution in [-0.2, 0) is 11.2 Å². The summed E-state index contributed by atoms with van der Waals surface area (Å²) in [6.45, 7) is 0.334. The van der Waals surface area contributed by atoms with Crippen LogP contribution in [0.1, 0.15) is 23.6 Å². The van der Waals surface area contributed by atoms with Gasteiger partial charge in [-0.2, -0.15) is 0 Å². The maximum Gasteiger partial charge on any atom is 0.407 e. The third-order valence-electron chi connectivity index (χ3n) is 4.33. The van der Waals surface area contributed by atoms with E-state index in [0.717, 1.165) is 10.0 Å². The lowest BCUT2D eigenvalue weighted by molar-refractivity contribution is -0.128. The second kappa shape index (κ2) is 7.13. The summed E-state index contributed by atoms with van der Waals surface area (Å²) in [5.41, 5.74) is 1.65. The van der Waals surface area contributed by atoms with Gasteiger partial charge in [-0.1, -0.05) is 30.3 Å². The zero-order valence-corrected chi connectivity index (χ0v) is 14.5. The molecule has 5 nitrogen and oxygen atoms in total. The van der Waals surface area contributed by atoms with Crippen molar-refractivity contribution in [1.29, 1.82) is 0 Å². The van der Waals surface area contributed by atoms with Crippen molar-refractivity contribution in [2.24, 2.45) is 0 Å². The lowest BCUT2D eigenvalue weighted by Gasteiger charge is -2.36. The van der Waals surface area contributed by atoms with Crippen LogP contribution in [0.4, 0.5) is 4.79 Å². The highest BCUT2D eigenvalue weighted by Crippen LogP contribution is 2.29. The van der Waals surface area contributed by atoms with Crippen molar-refractivity contribution in [2.45, 2.75) is 24.8 Å². The third-order valence-corrected chi connectivity index (χ3v) is 4.80.